The standard InChI is InChI=1S/C19H20ClN5O4/c1-24(2)9-13-17-12(7-15(18(13)26)25(27)28)19(23-10-22-17)21-8-11-4-5-16(29-3)14(20)6-11/h4-7,10,26H,8-9H2,1-3H3,(H,21,22,23). The van der Waals surface area contributed by atoms with E-state index in [-0.39, 0.29) is 18.0 Å². The third-order valence-electron chi connectivity index (χ3n) is 4.33. The van der Waals surface area contributed by atoms with Crippen molar-refractivity contribution < 1.29 is 14.8 Å². The first-order valence-electron chi connectivity index (χ1n) is 8.66. The Morgan fingerprint density at radius 1 is 1.31 bits per heavy atom. The summed E-state index contributed by atoms with van der Waals surface area (Å²) in [6, 6.07) is 6.66. The zero-order valence-electron chi connectivity index (χ0n) is 16.1. The van der Waals surface area contributed by atoms with Gasteiger partial charge in [0.25, 0.3) is 0 Å². The molecule has 1 heterocycles. The first-order chi connectivity index (χ1) is 13.8. The van der Waals surface area contributed by atoms with Crippen molar-refractivity contribution in [3.05, 3.63) is 56.9 Å². The van der Waals surface area contributed by atoms with Gasteiger partial charge in [0.05, 0.1) is 28.0 Å². The zero-order chi connectivity index (χ0) is 21.1. The Balaban J connectivity index is 2.03. The third-order valence-corrected chi connectivity index (χ3v) is 4.62. The van der Waals surface area contributed by atoms with Gasteiger partial charge in [-0.15, -0.1) is 0 Å². The summed E-state index contributed by atoms with van der Waals surface area (Å²) in [6.45, 7) is 0.669. The van der Waals surface area contributed by atoms with Crippen molar-refractivity contribution in [3.8, 4) is 11.5 Å². The number of benzene rings is 2. The number of phenols is 1. The predicted octanol–water partition coefficient (Wildman–Crippen LogP) is 3.58. The molecule has 2 aromatic carbocycles. The summed E-state index contributed by atoms with van der Waals surface area (Å²) in [5.74, 6) is 0.607. The van der Waals surface area contributed by atoms with E-state index in [0.29, 0.717) is 39.6 Å². The van der Waals surface area contributed by atoms with Crippen LogP contribution in [0.3, 0.4) is 0 Å². The van der Waals surface area contributed by atoms with E-state index < -0.39 is 4.92 Å². The fourth-order valence-corrected chi connectivity index (χ4v) is 3.28. The number of fused-ring (bicyclic) bond motifs is 1. The molecule has 0 unspecified atom stereocenters. The molecule has 9 nitrogen and oxygen atoms in total. The number of anilines is 1. The Bertz CT molecular complexity index is 1070. The fraction of sp³-hybridized carbons (Fsp3) is 0.263. The molecule has 0 amide bonds. The molecule has 0 saturated heterocycles. The van der Waals surface area contributed by atoms with Gasteiger partial charge in [0.15, 0.2) is 0 Å². The van der Waals surface area contributed by atoms with E-state index >= 15 is 0 Å². The van der Waals surface area contributed by atoms with Gasteiger partial charge in [0.2, 0.25) is 5.75 Å². The lowest BCUT2D eigenvalue weighted by molar-refractivity contribution is -0.385. The number of aromatic nitrogens is 2. The molecule has 10 heteroatoms. The number of phenolic OH excluding ortho intramolecular Hbond substituents is 1. The molecule has 1 aromatic heterocycles. The molecule has 3 aromatic rings. The van der Waals surface area contributed by atoms with Crippen molar-refractivity contribution in [1.82, 2.24) is 14.9 Å². The van der Waals surface area contributed by atoms with Gasteiger partial charge in [0.1, 0.15) is 17.9 Å². The van der Waals surface area contributed by atoms with Gasteiger partial charge >= 0.3 is 5.69 Å². The largest absolute Gasteiger partial charge is 0.502 e. The second-order valence-corrected chi connectivity index (χ2v) is 7.07. The highest BCUT2D eigenvalue weighted by Gasteiger charge is 2.23. The van der Waals surface area contributed by atoms with Crippen molar-refractivity contribution in [2.45, 2.75) is 13.1 Å². The number of halogens is 1. The van der Waals surface area contributed by atoms with E-state index in [0.717, 1.165) is 5.56 Å². The first-order valence-corrected chi connectivity index (χ1v) is 9.04. The van der Waals surface area contributed by atoms with Crippen LogP contribution in [0.25, 0.3) is 10.9 Å². The number of hydrogen-bond donors (Lipinski definition) is 2. The Labute approximate surface area is 172 Å². The SMILES string of the molecule is COc1ccc(CNc2ncnc3c(CN(C)C)c(O)c([N+](=O)[O-])cc23)cc1Cl. The highest BCUT2D eigenvalue weighted by molar-refractivity contribution is 6.32. The molecule has 0 aliphatic heterocycles. The summed E-state index contributed by atoms with van der Waals surface area (Å²) in [6.07, 6.45) is 1.36. The van der Waals surface area contributed by atoms with Crippen LogP contribution < -0.4 is 10.1 Å². The lowest BCUT2D eigenvalue weighted by atomic mass is 10.1. The summed E-state index contributed by atoms with van der Waals surface area (Å²) >= 11 is 6.16. The smallest absolute Gasteiger partial charge is 0.311 e. The number of methoxy groups -OCH3 is 1. The number of hydrogen-bond acceptors (Lipinski definition) is 8. The van der Waals surface area contributed by atoms with Gasteiger partial charge in [-0.2, -0.15) is 0 Å². The van der Waals surface area contributed by atoms with E-state index in [1.165, 1.54) is 12.4 Å². The number of nitrogens with one attached hydrogen (secondary N) is 1. The van der Waals surface area contributed by atoms with Gasteiger partial charge in [-0.25, -0.2) is 9.97 Å². The minimum atomic E-state index is -0.617. The van der Waals surface area contributed by atoms with Gasteiger partial charge in [-0.3, -0.25) is 10.1 Å². The van der Waals surface area contributed by atoms with Crippen LogP contribution in [-0.2, 0) is 13.1 Å². The number of rotatable bonds is 7. The average molecular weight is 418 g/mol. The van der Waals surface area contributed by atoms with Crippen LogP contribution in [0.4, 0.5) is 11.5 Å². The molecule has 0 radical (unpaired) electrons. The number of aromatic hydroxyl groups is 1. The summed E-state index contributed by atoms with van der Waals surface area (Å²) in [5.41, 5.74) is 1.31. The Kier molecular flexibility index (Phi) is 6.00. The molecular weight excluding hydrogens is 398 g/mol. The number of nitro benzene ring substituents is 1. The number of nitro groups is 1. The maximum Gasteiger partial charge on any atom is 0.311 e. The molecule has 0 bridgehead atoms. The van der Waals surface area contributed by atoms with Gasteiger partial charge in [-0.05, 0) is 31.8 Å². The van der Waals surface area contributed by atoms with Crippen molar-refractivity contribution in [2.75, 3.05) is 26.5 Å². The Morgan fingerprint density at radius 2 is 2.07 bits per heavy atom. The molecule has 0 saturated carbocycles. The Morgan fingerprint density at radius 3 is 2.69 bits per heavy atom. The lowest BCUT2D eigenvalue weighted by Crippen LogP contribution is -2.12. The predicted molar refractivity (Wildman–Crippen MR) is 111 cm³/mol. The van der Waals surface area contributed by atoms with Gasteiger partial charge in [0, 0.05) is 24.7 Å². The maximum absolute atomic E-state index is 11.4. The van der Waals surface area contributed by atoms with E-state index in [1.54, 1.807) is 38.2 Å². The van der Waals surface area contributed by atoms with Gasteiger partial charge < -0.3 is 20.1 Å². The molecule has 2 N–H and O–H groups in total. The minimum absolute atomic E-state index is 0.286. The number of ether oxygens (including phenoxy) is 1. The highest BCUT2D eigenvalue weighted by Crippen LogP contribution is 2.38. The van der Waals surface area contributed by atoms with Crippen molar-refractivity contribution in [1.29, 1.82) is 0 Å². The normalized spacial score (nSPS) is 11.1. The van der Waals surface area contributed by atoms with Crippen LogP contribution in [0.1, 0.15) is 11.1 Å². The third kappa shape index (κ3) is 4.30. The van der Waals surface area contributed by atoms with E-state index in [9.17, 15) is 15.2 Å². The molecule has 0 spiro atoms. The molecular formula is C19H20ClN5O4. The fourth-order valence-electron chi connectivity index (χ4n) is 3.00. The van der Waals surface area contributed by atoms with Crippen molar-refractivity contribution >= 4 is 34.0 Å². The average Bonchev–Trinajstić information content (AvgIpc) is 2.67. The summed E-state index contributed by atoms with van der Waals surface area (Å²) < 4.78 is 5.15. The van der Waals surface area contributed by atoms with Gasteiger partial charge in [-0.1, -0.05) is 17.7 Å². The summed E-state index contributed by atoms with van der Waals surface area (Å²) in [4.78, 5) is 21.1. The van der Waals surface area contributed by atoms with Crippen LogP contribution in [0, 0.1) is 10.1 Å². The monoisotopic (exact) mass is 417 g/mol. The molecule has 0 aliphatic carbocycles. The molecule has 0 aliphatic rings. The molecule has 29 heavy (non-hydrogen) atoms. The highest BCUT2D eigenvalue weighted by atomic mass is 35.5. The topological polar surface area (TPSA) is 114 Å². The van der Waals surface area contributed by atoms with E-state index in [1.807, 2.05) is 6.07 Å². The summed E-state index contributed by atoms with van der Waals surface area (Å²) in [5, 5.41) is 25.9. The summed E-state index contributed by atoms with van der Waals surface area (Å²) in [7, 11) is 5.15. The quantitative estimate of drug-likeness (QED) is 0.443. The van der Waals surface area contributed by atoms with E-state index in [2.05, 4.69) is 15.3 Å². The van der Waals surface area contributed by atoms with Crippen LogP contribution in [0.15, 0.2) is 30.6 Å². The second kappa shape index (κ2) is 8.46. The molecule has 3 rings (SSSR count). The minimum Gasteiger partial charge on any atom is -0.502 e. The van der Waals surface area contributed by atoms with E-state index in [4.69, 9.17) is 16.3 Å². The number of nitrogens with zero attached hydrogens (tertiary/aromatic N) is 4. The molecule has 152 valence electrons. The van der Waals surface area contributed by atoms with Crippen LogP contribution >= 0.6 is 11.6 Å². The van der Waals surface area contributed by atoms with Crippen LogP contribution in [0.5, 0.6) is 11.5 Å². The lowest BCUT2D eigenvalue weighted by Gasteiger charge is -2.15. The van der Waals surface area contributed by atoms with Crippen molar-refractivity contribution in [3.63, 3.8) is 0 Å². The molecule has 0 atom stereocenters. The maximum atomic E-state index is 11.4. The second-order valence-electron chi connectivity index (χ2n) is 6.66. The zero-order valence-corrected chi connectivity index (χ0v) is 16.9. The van der Waals surface area contributed by atoms with Crippen molar-refractivity contribution in [2.24, 2.45) is 0 Å². The van der Waals surface area contributed by atoms with Crippen LogP contribution in [0.2, 0.25) is 5.02 Å². The first kappa shape index (κ1) is 20.6. The Hall–Kier alpha value is -3.17. The molecule has 0 fully saturated rings. The van der Waals surface area contributed by atoms with Crippen LogP contribution in [-0.4, -0.2) is 46.1 Å².